The highest BCUT2D eigenvalue weighted by Crippen LogP contribution is 2.35. The molecule has 0 atom stereocenters. The molecule has 0 unspecified atom stereocenters. The number of hydrogen-bond acceptors (Lipinski definition) is 7. The fourth-order valence-electron chi connectivity index (χ4n) is 2.93. The van der Waals surface area contributed by atoms with Crippen molar-refractivity contribution < 1.29 is 14.3 Å². The van der Waals surface area contributed by atoms with E-state index in [4.69, 9.17) is 9.47 Å². The topological polar surface area (TPSA) is 51.7 Å². The maximum atomic E-state index is 12.0. The first-order valence-electron chi connectivity index (χ1n) is 8.72. The number of rotatable bonds is 7. The standard InChI is InChI=1S/C20H20N2O3S2/c1-24-16-8-5-9-17-19(16)21-20(27-17)22-10-15(11-22)25-18(23)13-26-12-14-6-3-2-4-7-14/h2-9,15H,10-13H2,1H3. The second kappa shape index (κ2) is 8.19. The van der Waals surface area contributed by atoms with Crippen molar-refractivity contribution in [3.8, 4) is 5.75 Å². The number of esters is 1. The van der Waals surface area contributed by atoms with E-state index < -0.39 is 0 Å². The number of carbonyl (C=O) groups excluding carboxylic acids is 1. The number of nitrogens with zero attached hydrogens (tertiary/aromatic N) is 2. The Hall–Kier alpha value is -2.25. The van der Waals surface area contributed by atoms with E-state index in [2.05, 4.69) is 22.0 Å². The highest BCUT2D eigenvalue weighted by atomic mass is 32.2. The zero-order valence-corrected chi connectivity index (χ0v) is 16.6. The fourth-order valence-corrected chi connectivity index (χ4v) is 4.69. The summed E-state index contributed by atoms with van der Waals surface area (Å²) >= 11 is 3.22. The monoisotopic (exact) mass is 400 g/mol. The third-order valence-corrected chi connectivity index (χ3v) is 6.40. The minimum atomic E-state index is -0.147. The van der Waals surface area contributed by atoms with E-state index in [0.717, 1.165) is 26.9 Å². The van der Waals surface area contributed by atoms with E-state index in [1.807, 2.05) is 36.4 Å². The lowest BCUT2D eigenvalue weighted by Gasteiger charge is -2.38. The van der Waals surface area contributed by atoms with Gasteiger partial charge in [0, 0.05) is 5.75 Å². The Balaban J connectivity index is 1.24. The predicted molar refractivity (Wildman–Crippen MR) is 111 cm³/mol. The minimum absolute atomic E-state index is 0.0521. The number of methoxy groups -OCH3 is 1. The second-order valence-electron chi connectivity index (χ2n) is 6.30. The number of hydrogen-bond donors (Lipinski definition) is 0. The van der Waals surface area contributed by atoms with Gasteiger partial charge in [0.2, 0.25) is 0 Å². The van der Waals surface area contributed by atoms with Crippen molar-refractivity contribution >= 4 is 44.4 Å². The van der Waals surface area contributed by atoms with Crippen LogP contribution in [0.5, 0.6) is 5.75 Å². The number of para-hydroxylation sites is 1. The van der Waals surface area contributed by atoms with Crippen molar-refractivity contribution in [3.05, 3.63) is 54.1 Å². The first-order valence-corrected chi connectivity index (χ1v) is 10.7. The molecule has 2 aromatic carbocycles. The average Bonchev–Trinajstić information content (AvgIpc) is 3.08. The molecule has 0 N–H and O–H groups in total. The van der Waals surface area contributed by atoms with Gasteiger partial charge in [-0.2, -0.15) is 0 Å². The summed E-state index contributed by atoms with van der Waals surface area (Å²) in [6.07, 6.45) is -0.0521. The molecule has 4 rings (SSSR count). The number of anilines is 1. The van der Waals surface area contributed by atoms with Crippen molar-refractivity contribution in [2.75, 3.05) is 30.9 Å². The summed E-state index contributed by atoms with van der Waals surface area (Å²) in [5.74, 6) is 1.84. The molecule has 1 saturated heterocycles. The van der Waals surface area contributed by atoms with Gasteiger partial charge in [0.05, 0.1) is 30.7 Å². The number of thioether (sulfide) groups is 1. The van der Waals surface area contributed by atoms with Crippen LogP contribution in [-0.2, 0) is 15.3 Å². The van der Waals surface area contributed by atoms with Crippen molar-refractivity contribution in [3.63, 3.8) is 0 Å². The molecular weight excluding hydrogens is 380 g/mol. The van der Waals surface area contributed by atoms with Crippen LogP contribution in [-0.4, -0.2) is 43.0 Å². The third-order valence-electron chi connectivity index (χ3n) is 4.34. The summed E-state index contributed by atoms with van der Waals surface area (Å²) in [6.45, 7) is 1.38. The summed E-state index contributed by atoms with van der Waals surface area (Å²) in [6, 6.07) is 16.1. The summed E-state index contributed by atoms with van der Waals surface area (Å²) in [5.41, 5.74) is 2.11. The van der Waals surface area contributed by atoms with Crippen molar-refractivity contribution in [2.24, 2.45) is 0 Å². The molecule has 27 heavy (non-hydrogen) atoms. The molecule has 3 aromatic rings. The van der Waals surface area contributed by atoms with Gasteiger partial charge in [-0.3, -0.25) is 4.79 Å². The molecule has 0 spiro atoms. The molecule has 1 fully saturated rings. The fraction of sp³-hybridized carbons (Fsp3) is 0.300. The molecule has 0 saturated carbocycles. The van der Waals surface area contributed by atoms with Crippen LogP contribution in [0.1, 0.15) is 5.56 Å². The summed E-state index contributed by atoms with van der Waals surface area (Å²) < 4.78 is 12.0. The molecule has 0 aliphatic carbocycles. The van der Waals surface area contributed by atoms with E-state index in [9.17, 15) is 4.79 Å². The Morgan fingerprint density at radius 2 is 2.04 bits per heavy atom. The van der Waals surface area contributed by atoms with Crippen LogP contribution in [0.25, 0.3) is 10.2 Å². The van der Waals surface area contributed by atoms with Gasteiger partial charge in [-0.1, -0.05) is 47.7 Å². The minimum Gasteiger partial charge on any atom is -0.494 e. The Labute approximate surface area is 166 Å². The Bertz CT molecular complexity index is 923. The summed E-state index contributed by atoms with van der Waals surface area (Å²) in [5, 5.41) is 0.945. The molecule has 1 aliphatic rings. The van der Waals surface area contributed by atoms with Crippen LogP contribution < -0.4 is 9.64 Å². The molecular formula is C20H20N2O3S2. The van der Waals surface area contributed by atoms with Crippen LogP contribution in [0.4, 0.5) is 5.13 Å². The number of benzene rings is 2. The zero-order valence-electron chi connectivity index (χ0n) is 15.0. The maximum Gasteiger partial charge on any atom is 0.316 e. The molecule has 0 bridgehead atoms. The number of thiazole rings is 1. The number of aromatic nitrogens is 1. The molecule has 140 valence electrons. The molecule has 1 aliphatic heterocycles. The predicted octanol–water partition coefficient (Wildman–Crippen LogP) is 3.97. The normalized spacial score (nSPS) is 14.2. The molecule has 7 heteroatoms. The van der Waals surface area contributed by atoms with Crippen molar-refractivity contribution in [1.29, 1.82) is 0 Å². The number of ether oxygens (including phenoxy) is 2. The molecule has 2 heterocycles. The Morgan fingerprint density at radius 1 is 1.22 bits per heavy atom. The lowest BCUT2D eigenvalue weighted by molar-refractivity contribution is -0.146. The number of fused-ring (bicyclic) bond motifs is 1. The van der Waals surface area contributed by atoms with Crippen molar-refractivity contribution in [1.82, 2.24) is 4.98 Å². The molecule has 1 aromatic heterocycles. The first-order chi connectivity index (χ1) is 13.2. The van der Waals surface area contributed by atoms with Gasteiger partial charge in [0.1, 0.15) is 17.4 Å². The van der Waals surface area contributed by atoms with Gasteiger partial charge in [-0.05, 0) is 17.7 Å². The molecule has 0 amide bonds. The molecule has 0 radical (unpaired) electrons. The SMILES string of the molecule is COc1cccc2sc(N3CC(OC(=O)CSCc4ccccc4)C3)nc12. The van der Waals surface area contributed by atoms with E-state index >= 15 is 0 Å². The zero-order chi connectivity index (χ0) is 18.6. The second-order valence-corrected chi connectivity index (χ2v) is 8.29. The third kappa shape index (κ3) is 4.20. The van der Waals surface area contributed by atoms with Gasteiger partial charge in [0.25, 0.3) is 0 Å². The lowest BCUT2D eigenvalue weighted by Crippen LogP contribution is -2.53. The lowest BCUT2D eigenvalue weighted by atomic mass is 10.2. The van der Waals surface area contributed by atoms with E-state index in [1.54, 1.807) is 30.2 Å². The molecule has 5 nitrogen and oxygen atoms in total. The van der Waals surface area contributed by atoms with Gasteiger partial charge in [0.15, 0.2) is 5.13 Å². The smallest absolute Gasteiger partial charge is 0.316 e. The highest BCUT2D eigenvalue weighted by molar-refractivity contribution is 7.99. The Kier molecular flexibility index (Phi) is 5.50. The van der Waals surface area contributed by atoms with Gasteiger partial charge < -0.3 is 14.4 Å². The maximum absolute atomic E-state index is 12.0. The average molecular weight is 401 g/mol. The summed E-state index contributed by atoms with van der Waals surface area (Å²) in [7, 11) is 1.66. The van der Waals surface area contributed by atoms with Crippen LogP contribution in [0, 0.1) is 0 Å². The first kappa shape index (κ1) is 18.1. The summed E-state index contributed by atoms with van der Waals surface area (Å²) in [4.78, 5) is 18.8. The van der Waals surface area contributed by atoms with Gasteiger partial charge >= 0.3 is 5.97 Å². The highest BCUT2D eigenvalue weighted by Gasteiger charge is 2.32. The van der Waals surface area contributed by atoms with Gasteiger partial charge in [-0.25, -0.2) is 4.98 Å². The van der Waals surface area contributed by atoms with Crippen LogP contribution in [0.2, 0.25) is 0 Å². The number of carbonyl (C=O) groups is 1. The van der Waals surface area contributed by atoms with Crippen LogP contribution >= 0.6 is 23.1 Å². The van der Waals surface area contributed by atoms with E-state index in [0.29, 0.717) is 18.8 Å². The van der Waals surface area contributed by atoms with Crippen LogP contribution in [0.15, 0.2) is 48.5 Å². The van der Waals surface area contributed by atoms with Gasteiger partial charge in [-0.15, -0.1) is 11.8 Å². The Morgan fingerprint density at radius 3 is 2.81 bits per heavy atom. The van der Waals surface area contributed by atoms with E-state index in [1.165, 1.54) is 5.56 Å². The van der Waals surface area contributed by atoms with E-state index in [-0.39, 0.29) is 12.1 Å². The van der Waals surface area contributed by atoms with Crippen LogP contribution in [0.3, 0.4) is 0 Å². The van der Waals surface area contributed by atoms with Crippen molar-refractivity contribution in [2.45, 2.75) is 11.9 Å². The largest absolute Gasteiger partial charge is 0.494 e. The quantitative estimate of drug-likeness (QED) is 0.560.